The molecule has 2 aromatic heterocycles. The van der Waals surface area contributed by atoms with Gasteiger partial charge in [-0.15, -0.1) is 21.5 Å². The molecule has 1 fully saturated rings. The molecule has 0 saturated carbocycles. The third-order valence-corrected chi connectivity index (χ3v) is 6.31. The summed E-state index contributed by atoms with van der Waals surface area (Å²) in [7, 11) is 0. The lowest BCUT2D eigenvalue weighted by molar-refractivity contribution is -0.130. The molecule has 2 aromatic rings. The maximum Gasteiger partial charge on any atom is 0.233 e. The topological polar surface area (TPSA) is 54.3 Å². The quantitative estimate of drug-likeness (QED) is 0.699. The van der Waals surface area contributed by atoms with E-state index in [-0.39, 0.29) is 5.91 Å². The van der Waals surface area contributed by atoms with Crippen LogP contribution in [-0.4, -0.2) is 62.4 Å². The van der Waals surface area contributed by atoms with Gasteiger partial charge >= 0.3 is 0 Å². The van der Waals surface area contributed by atoms with E-state index in [4.69, 9.17) is 11.6 Å². The minimum atomic E-state index is 0.169. The van der Waals surface area contributed by atoms with Gasteiger partial charge in [-0.2, -0.15) is 0 Å². The Morgan fingerprint density at radius 3 is 2.72 bits per heavy atom. The van der Waals surface area contributed by atoms with Crippen LogP contribution in [0.4, 0.5) is 0 Å². The van der Waals surface area contributed by atoms with E-state index in [1.54, 1.807) is 17.7 Å². The maximum atomic E-state index is 12.5. The van der Waals surface area contributed by atoms with Crippen LogP contribution >= 0.6 is 34.7 Å². The number of thioether (sulfide) groups is 1. The molecular weight excluding hydrogens is 378 g/mol. The third kappa shape index (κ3) is 4.97. The molecule has 0 atom stereocenters. The van der Waals surface area contributed by atoms with Crippen molar-refractivity contribution in [3.05, 3.63) is 27.7 Å². The number of nitrogens with zero attached hydrogens (tertiary/aromatic N) is 5. The first-order valence-corrected chi connectivity index (χ1v) is 10.5. The van der Waals surface area contributed by atoms with Crippen LogP contribution in [0.25, 0.3) is 0 Å². The van der Waals surface area contributed by atoms with Crippen molar-refractivity contribution in [2.75, 3.05) is 31.9 Å². The molecular formula is C16H22ClN5OS2. The predicted molar refractivity (Wildman–Crippen MR) is 102 cm³/mol. The Morgan fingerprint density at radius 1 is 1.32 bits per heavy atom. The zero-order valence-electron chi connectivity index (χ0n) is 14.4. The summed E-state index contributed by atoms with van der Waals surface area (Å²) in [5, 5.41) is 8.84. The van der Waals surface area contributed by atoms with E-state index in [1.165, 1.54) is 16.6 Å². The van der Waals surface area contributed by atoms with Crippen LogP contribution in [0.1, 0.15) is 24.8 Å². The maximum absolute atomic E-state index is 12.5. The molecule has 3 heterocycles. The summed E-state index contributed by atoms with van der Waals surface area (Å²) in [5.74, 6) is 0.577. The number of piperazine rings is 1. The fourth-order valence-electron chi connectivity index (χ4n) is 2.72. The van der Waals surface area contributed by atoms with Crippen molar-refractivity contribution >= 4 is 40.6 Å². The SMILES string of the molecule is CC(C)n1cnnc1SCC(=O)N1CCN(Cc2ccc(Cl)s2)CC1. The van der Waals surface area contributed by atoms with E-state index in [0.29, 0.717) is 11.8 Å². The first-order valence-electron chi connectivity index (χ1n) is 8.29. The van der Waals surface area contributed by atoms with Crippen molar-refractivity contribution in [2.45, 2.75) is 31.6 Å². The number of thiophene rings is 1. The van der Waals surface area contributed by atoms with Gasteiger partial charge in [0.1, 0.15) is 6.33 Å². The first kappa shape index (κ1) is 18.7. The molecule has 0 N–H and O–H groups in total. The summed E-state index contributed by atoms with van der Waals surface area (Å²) in [6, 6.07) is 4.31. The van der Waals surface area contributed by atoms with Crippen molar-refractivity contribution in [1.82, 2.24) is 24.6 Å². The minimum absolute atomic E-state index is 0.169. The van der Waals surface area contributed by atoms with Crippen LogP contribution < -0.4 is 0 Å². The molecule has 0 bridgehead atoms. The third-order valence-electron chi connectivity index (χ3n) is 4.15. The standard InChI is InChI=1S/C16H22ClN5OS2/c1-12(2)22-11-18-19-16(22)24-10-15(23)21-7-5-20(6-8-21)9-13-3-4-14(17)25-13/h3-4,11-12H,5-10H2,1-2H3. The summed E-state index contributed by atoms with van der Waals surface area (Å²) in [4.78, 5) is 18.0. The average Bonchev–Trinajstić information content (AvgIpc) is 3.22. The van der Waals surface area contributed by atoms with E-state index in [1.807, 2.05) is 15.5 Å². The van der Waals surface area contributed by atoms with E-state index in [2.05, 4.69) is 35.0 Å². The summed E-state index contributed by atoms with van der Waals surface area (Å²) >= 11 is 9.07. The highest BCUT2D eigenvalue weighted by Crippen LogP contribution is 2.23. The molecule has 1 saturated heterocycles. The first-order chi connectivity index (χ1) is 12.0. The van der Waals surface area contributed by atoms with Crippen molar-refractivity contribution in [2.24, 2.45) is 0 Å². The van der Waals surface area contributed by atoms with Crippen molar-refractivity contribution in [3.8, 4) is 0 Å². The zero-order valence-corrected chi connectivity index (χ0v) is 16.8. The highest BCUT2D eigenvalue weighted by molar-refractivity contribution is 7.99. The summed E-state index contributed by atoms with van der Waals surface area (Å²) in [5.41, 5.74) is 0. The Labute approximate surface area is 161 Å². The number of aromatic nitrogens is 3. The molecule has 0 aliphatic carbocycles. The second-order valence-corrected chi connectivity index (χ2v) is 9.01. The van der Waals surface area contributed by atoms with Gasteiger partial charge < -0.3 is 9.47 Å². The van der Waals surface area contributed by atoms with Gasteiger partial charge in [-0.3, -0.25) is 9.69 Å². The van der Waals surface area contributed by atoms with Gasteiger partial charge in [-0.25, -0.2) is 0 Å². The molecule has 0 unspecified atom stereocenters. The van der Waals surface area contributed by atoms with Gasteiger partial charge in [0.2, 0.25) is 5.91 Å². The van der Waals surface area contributed by atoms with E-state index < -0.39 is 0 Å². The second kappa shape index (κ2) is 8.53. The van der Waals surface area contributed by atoms with Gasteiger partial charge in [0.25, 0.3) is 0 Å². The van der Waals surface area contributed by atoms with Crippen LogP contribution in [0, 0.1) is 0 Å². The normalized spacial score (nSPS) is 15.9. The molecule has 0 aromatic carbocycles. The van der Waals surface area contributed by atoms with E-state index >= 15 is 0 Å². The smallest absolute Gasteiger partial charge is 0.233 e. The van der Waals surface area contributed by atoms with Gasteiger partial charge in [0, 0.05) is 43.6 Å². The van der Waals surface area contributed by atoms with Crippen molar-refractivity contribution in [1.29, 1.82) is 0 Å². The molecule has 6 nitrogen and oxygen atoms in total. The monoisotopic (exact) mass is 399 g/mol. The van der Waals surface area contributed by atoms with Crippen molar-refractivity contribution < 1.29 is 4.79 Å². The summed E-state index contributed by atoms with van der Waals surface area (Å²) < 4.78 is 2.82. The molecule has 1 aliphatic heterocycles. The summed E-state index contributed by atoms with van der Waals surface area (Å²) in [6.07, 6.45) is 1.72. The lowest BCUT2D eigenvalue weighted by Crippen LogP contribution is -2.48. The minimum Gasteiger partial charge on any atom is -0.339 e. The number of hydrogen-bond donors (Lipinski definition) is 0. The molecule has 3 rings (SSSR count). The largest absolute Gasteiger partial charge is 0.339 e. The number of hydrogen-bond acceptors (Lipinski definition) is 6. The number of carbonyl (C=O) groups is 1. The highest BCUT2D eigenvalue weighted by atomic mass is 35.5. The Hall–Kier alpha value is -1.09. The number of carbonyl (C=O) groups excluding carboxylic acids is 1. The van der Waals surface area contributed by atoms with Crippen LogP contribution in [0.15, 0.2) is 23.6 Å². The van der Waals surface area contributed by atoms with Gasteiger partial charge in [0.15, 0.2) is 5.16 Å². The van der Waals surface area contributed by atoms with Gasteiger partial charge in [-0.05, 0) is 26.0 Å². The number of halogens is 1. The lowest BCUT2D eigenvalue weighted by Gasteiger charge is -2.34. The van der Waals surface area contributed by atoms with E-state index in [0.717, 1.165) is 42.2 Å². The lowest BCUT2D eigenvalue weighted by atomic mass is 10.3. The molecule has 1 amide bonds. The Morgan fingerprint density at radius 2 is 2.08 bits per heavy atom. The van der Waals surface area contributed by atoms with Crippen LogP contribution in [0.2, 0.25) is 4.34 Å². The Balaban J connectivity index is 1.44. The summed E-state index contributed by atoms with van der Waals surface area (Å²) in [6.45, 7) is 8.41. The van der Waals surface area contributed by atoms with Gasteiger partial charge in [0.05, 0.1) is 10.1 Å². The van der Waals surface area contributed by atoms with Gasteiger partial charge in [-0.1, -0.05) is 23.4 Å². The van der Waals surface area contributed by atoms with Crippen LogP contribution in [0.3, 0.4) is 0 Å². The van der Waals surface area contributed by atoms with Crippen LogP contribution in [0.5, 0.6) is 0 Å². The predicted octanol–water partition coefficient (Wildman–Crippen LogP) is 3.01. The number of amides is 1. The zero-order chi connectivity index (χ0) is 17.8. The second-order valence-electron chi connectivity index (χ2n) is 6.27. The molecule has 9 heteroatoms. The molecule has 0 radical (unpaired) electrons. The molecule has 0 spiro atoms. The van der Waals surface area contributed by atoms with Crippen molar-refractivity contribution in [3.63, 3.8) is 0 Å². The van der Waals surface area contributed by atoms with Crippen LogP contribution in [-0.2, 0) is 11.3 Å². The Bertz CT molecular complexity index is 709. The fourth-order valence-corrected chi connectivity index (χ4v) is 4.80. The molecule has 136 valence electrons. The van der Waals surface area contributed by atoms with E-state index in [9.17, 15) is 4.79 Å². The fraction of sp³-hybridized carbons (Fsp3) is 0.562. The Kier molecular flexibility index (Phi) is 6.38. The highest BCUT2D eigenvalue weighted by Gasteiger charge is 2.22. The number of rotatable bonds is 6. The molecule has 1 aliphatic rings. The molecule has 25 heavy (non-hydrogen) atoms. The average molecular weight is 400 g/mol.